The monoisotopic (exact) mass is 440 g/mol. The largest absolute Gasteiger partial charge is 0.496 e. The quantitative estimate of drug-likeness (QED) is 0.521. The number of anilines is 1. The van der Waals surface area contributed by atoms with E-state index < -0.39 is 0 Å². The van der Waals surface area contributed by atoms with Crippen LogP contribution in [0, 0.1) is 5.92 Å². The zero-order valence-corrected chi connectivity index (χ0v) is 18.3. The summed E-state index contributed by atoms with van der Waals surface area (Å²) in [5, 5.41) is 9.67. The lowest BCUT2D eigenvalue weighted by Crippen LogP contribution is -2.26. The van der Waals surface area contributed by atoms with Gasteiger partial charge in [0, 0.05) is 31.0 Å². The van der Waals surface area contributed by atoms with E-state index in [-0.39, 0.29) is 30.7 Å². The molecule has 3 rings (SSSR count). The number of hydrogen-bond donors (Lipinski definition) is 3. The number of amides is 1. The number of methoxy groups -OCH3 is 1. The molecule has 1 atom stereocenters. The summed E-state index contributed by atoms with van der Waals surface area (Å²) >= 11 is 0. The van der Waals surface area contributed by atoms with Gasteiger partial charge in [0.25, 0.3) is 5.91 Å². The van der Waals surface area contributed by atoms with Gasteiger partial charge in [-0.25, -0.2) is 0 Å². The molecule has 2 aromatic rings. The Hall–Kier alpha value is -2.02. The third-order valence-corrected chi connectivity index (χ3v) is 4.84. The first-order valence-corrected chi connectivity index (χ1v) is 9.56. The average molecular weight is 441 g/mol. The van der Waals surface area contributed by atoms with Crippen molar-refractivity contribution in [3.8, 4) is 5.75 Å². The predicted octanol–water partition coefficient (Wildman–Crippen LogP) is 3.32. The van der Waals surface area contributed by atoms with Crippen LogP contribution in [-0.4, -0.2) is 44.2 Å². The van der Waals surface area contributed by atoms with Crippen LogP contribution in [0.2, 0.25) is 0 Å². The Labute approximate surface area is 185 Å². The summed E-state index contributed by atoms with van der Waals surface area (Å²) in [4.78, 5) is 16.5. The van der Waals surface area contributed by atoms with Crippen LogP contribution in [0.5, 0.6) is 5.75 Å². The van der Waals surface area contributed by atoms with Crippen LogP contribution >= 0.6 is 24.8 Å². The molecule has 1 aromatic heterocycles. The highest BCUT2D eigenvalue weighted by molar-refractivity contribution is 5.94. The second kappa shape index (κ2) is 13.2. The van der Waals surface area contributed by atoms with Gasteiger partial charge in [-0.05, 0) is 74.2 Å². The van der Waals surface area contributed by atoms with Crippen LogP contribution in [0.1, 0.15) is 28.8 Å². The van der Waals surface area contributed by atoms with Gasteiger partial charge in [0.05, 0.1) is 12.8 Å². The molecule has 3 N–H and O–H groups in total. The van der Waals surface area contributed by atoms with E-state index in [0.717, 1.165) is 49.5 Å². The first kappa shape index (κ1) is 25.0. The molecule has 1 aliphatic rings. The number of rotatable bonds is 9. The lowest BCUT2D eigenvalue weighted by Gasteiger charge is -2.14. The van der Waals surface area contributed by atoms with Crippen molar-refractivity contribution in [2.75, 3.05) is 38.6 Å². The van der Waals surface area contributed by atoms with Crippen molar-refractivity contribution in [3.63, 3.8) is 0 Å². The average Bonchev–Trinajstić information content (AvgIpc) is 3.21. The lowest BCUT2D eigenvalue weighted by atomic mass is 9.96. The molecule has 0 aliphatic carbocycles. The standard InChI is InChI=1S/C21H28N4O2.2ClH/c1-27-20-6-5-17(13-18(20)12-16-7-11-23-14-16)21(26)25-10-3-9-24-19-4-2-8-22-15-19;;/h2,4-6,8,13,15-16,23-24H,3,7,9-12,14H2,1H3,(H,25,26);2*1H. The first-order valence-electron chi connectivity index (χ1n) is 9.56. The van der Waals surface area contributed by atoms with Gasteiger partial charge in [-0.1, -0.05) is 0 Å². The fourth-order valence-electron chi connectivity index (χ4n) is 3.37. The van der Waals surface area contributed by atoms with Crippen molar-refractivity contribution in [3.05, 3.63) is 53.9 Å². The maximum atomic E-state index is 12.5. The maximum Gasteiger partial charge on any atom is 0.251 e. The maximum absolute atomic E-state index is 12.5. The Morgan fingerprint density at radius 1 is 1.28 bits per heavy atom. The third kappa shape index (κ3) is 7.72. The highest BCUT2D eigenvalue weighted by Gasteiger charge is 2.18. The summed E-state index contributed by atoms with van der Waals surface area (Å²) < 4.78 is 5.48. The van der Waals surface area contributed by atoms with E-state index in [1.54, 1.807) is 19.5 Å². The van der Waals surface area contributed by atoms with E-state index in [4.69, 9.17) is 4.74 Å². The Kier molecular flexibility index (Phi) is 11.4. The zero-order chi connectivity index (χ0) is 18.9. The van der Waals surface area contributed by atoms with Crippen LogP contribution in [0.3, 0.4) is 0 Å². The smallest absolute Gasteiger partial charge is 0.251 e. The van der Waals surface area contributed by atoms with E-state index in [9.17, 15) is 4.79 Å². The van der Waals surface area contributed by atoms with Crippen LogP contribution in [0.25, 0.3) is 0 Å². The summed E-state index contributed by atoms with van der Waals surface area (Å²) in [6.07, 6.45) is 6.49. The molecule has 1 unspecified atom stereocenters. The van der Waals surface area contributed by atoms with Gasteiger partial charge >= 0.3 is 0 Å². The number of ether oxygens (including phenoxy) is 1. The van der Waals surface area contributed by atoms with Crippen molar-refractivity contribution >= 4 is 36.4 Å². The second-order valence-corrected chi connectivity index (χ2v) is 6.87. The van der Waals surface area contributed by atoms with E-state index in [2.05, 4.69) is 20.9 Å². The number of pyridine rings is 1. The predicted molar refractivity (Wildman–Crippen MR) is 122 cm³/mol. The fourth-order valence-corrected chi connectivity index (χ4v) is 3.37. The molecular formula is C21H30Cl2N4O2. The number of nitrogens with one attached hydrogen (secondary N) is 3. The third-order valence-electron chi connectivity index (χ3n) is 4.84. The normalized spacial score (nSPS) is 15.0. The number of benzene rings is 1. The molecular weight excluding hydrogens is 411 g/mol. The van der Waals surface area contributed by atoms with Gasteiger partial charge in [0.1, 0.15) is 5.75 Å². The number of carbonyl (C=O) groups excluding carboxylic acids is 1. The minimum Gasteiger partial charge on any atom is -0.496 e. The van der Waals surface area contributed by atoms with Crippen molar-refractivity contribution in [2.45, 2.75) is 19.3 Å². The second-order valence-electron chi connectivity index (χ2n) is 6.87. The van der Waals surface area contributed by atoms with Crippen molar-refractivity contribution in [1.82, 2.24) is 15.6 Å². The van der Waals surface area contributed by atoms with Crippen molar-refractivity contribution in [2.24, 2.45) is 5.92 Å². The Morgan fingerprint density at radius 2 is 2.14 bits per heavy atom. The number of hydrogen-bond acceptors (Lipinski definition) is 5. The van der Waals surface area contributed by atoms with Gasteiger partial charge in [-0.2, -0.15) is 0 Å². The van der Waals surface area contributed by atoms with Crippen molar-refractivity contribution < 1.29 is 9.53 Å². The van der Waals surface area contributed by atoms with Crippen LogP contribution in [0.15, 0.2) is 42.7 Å². The van der Waals surface area contributed by atoms with Gasteiger partial charge < -0.3 is 20.7 Å². The molecule has 0 bridgehead atoms. The van der Waals surface area contributed by atoms with Gasteiger partial charge in [-0.3, -0.25) is 9.78 Å². The van der Waals surface area contributed by atoms with Gasteiger partial charge in [-0.15, -0.1) is 24.8 Å². The molecule has 0 spiro atoms. The van der Waals surface area contributed by atoms with E-state index in [0.29, 0.717) is 18.0 Å². The summed E-state index contributed by atoms with van der Waals surface area (Å²) in [5.74, 6) is 1.43. The summed E-state index contributed by atoms with van der Waals surface area (Å²) in [6, 6.07) is 9.58. The summed E-state index contributed by atoms with van der Waals surface area (Å²) in [7, 11) is 1.68. The molecule has 1 saturated heterocycles. The SMILES string of the molecule is COc1ccc(C(=O)NCCCNc2cccnc2)cc1CC1CCNC1.Cl.Cl. The minimum absolute atomic E-state index is 0. The molecule has 1 aliphatic heterocycles. The lowest BCUT2D eigenvalue weighted by molar-refractivity contribution is 0.0953. The molecule has 2 heterocycles. The minimum atomic E-state index is -0.0372. The molecule has 8 heteroatoms. The van der Waals surface area contributed by atoms with Crippen LogP contribution in [-0.2, 0) is 6.42 Å². The first-order chi connectivity index (χ1) is 13.3. The Bertz CT molecular complexity index is 741. The zero-order valence-electron chi connectivity index (χ0n) is 16.6. The summed E-state index contributed by atoms with van der Waals surface area (Å²) in [6.45, 7) is 3.51. The Morgan fingerprint density at radius 3 is 2.83 bits per heavy atom. The van der Waals surface area contributed by atoms with Crippen LogP contribution in [0.4, 0.5) is 5.69 Å². The molecule has 6 nitrogen and oxygen atoms in total. The van der Waals surface area contributed by atoms with Crippen molar-refractivity contribution in [1.29, 1.82) is 0 Å². The molecule has 160 valence electrons. The highest BCUT2D eigenvalue weighted by Crippen LogP contribution is 2.25. The van der Waals surface area contributed by atoms with E-state index in [1.165, 1.54) is 6.42 Å². The number of carbonyl (C=O) groups is 1. The molecule has 1 fully saturated rings. The van der Waals surface area contributed by atoms with Gasteiger partial charge in [0.2, 0.25) is 0 Å². The number of halogens is 2. The highest BCUT2D eigenvalue weighted by atomic mass is 35.5. The molecule has 0 radical (unpaired) electrons. The topological polar surface area (TPSA) is 75.3 Å². The molecule has 29 heavy (non-hydrogen) atoms. The number of nitrogens with zero attached hydrogens (tertiary/aromatic N) is 1. The van der Waals surface area contributed by atoms with E-state index in [1.807, 2.05) is 30.3 Å². The molecule has 1 aromatic carbocycles. The fraction of sp³-hybridized carbons (Fsp3) is 0.429. The van der Waals surface area contributed by atoms with Gasteiger partial charge in [0.15, 0.2) is 0 Å². The summed E-state index contributed by atoms with van der Waals surface area (Å²) in [5.41, 5.74) is 2.79. The molecule has 0 saturated carbocycles. The molecule has 1 amide bonds. The Balaban J connectivity index is 0.00000210. The van der Waals surface area contributed by atoms with E-state index >= 15 is 0 Å². The number of aromatic nitrogens is 1. The van der Waals surface area contributed by atoms with Crippen LogP contribution < -0.4 is 20.7 Å².